The molecule has 4 aliphatic heterocycles. The maximum absolute atomic E-state index is 12.2. The van der Waals surface area contributed by atoms with E-state index in [1.165, 1.54) is 0 Å². The van der Waals surface area contributed by atoms with Crippen molar-refractivity contribution in [2.24, 2.45) is 0 Å². The van der Waals surface area contributed by atoms with Gasteiger partial charge < -0.3 is 52.5 Å². The van der Waals surface area contributed by atoms with Crippen molar-refractivity contribution in [3.05, 3.63) is 144 Å². The zero-order chi connectivity index (χ0) is 38.8. The van der Waals surface area contributed by atoms with Gasteiger partial charge in [0.15, 0.2) is 25.2 Å². The van der Waals surface area contributed by atoms with Gasteiger partial charge in [0.05, 0.1) is 26.4 Å². The van der Waals surface area contributed by atoms with Crippen molar-refractivity contribution in [1.29, 1.82) is 0 Å². The minimum absolute atomic E-state index is 0.193. The summed E-state index contributed by atoms with van der Waals surface area (Å²) in [6.45, 7) is 3.61. The van der Waals surface area contributed by atoms with E-state index in [1.54, 1.807) is 0 Å². The molecule has 1 N–H and O–H groups in total. The molecule has 0 bridgehead atoms. The largest absolute Gasteiger partial charge is 0.385 e. The second kappa shape index (κ2) is 19.9. The van der Waals surface area contributed by atoms with Gasteiger partial charge in [-0.15, -0.1) is 0 Å². The Labute approximate surface area is 335 Å². The van der Waals surface area contributed by atoms with Crippen LogP contribution < -0.4 is 0 Å². The average Bonchev–Trinajstić information content (AvgIpc) is 3.27. The molecule has 4 aromatic rings. The molecule has 4 aromatic carbocycles. The molecule has 0 radical (unpaired) electrons. The maximum atomic E-state index is 12.2. The van der Waals surface area contributed by atoms with Gasteiger partial charge in [-0.25, -0.2) is 0 Å². The van der Waals surface area contributed by atoms with Crippen LogP contribution in [0.1, 0.15) is 67.4 Å². The monoisotopic (exact) mass is 782 g/mol. The molecule has 4 saturated heterocycles. The average molecular weight is 783 g/mol. The predicted octanol–water partition coefficient (Wildman–Crippen LogP) is 7.18. The van der Waals surface area contributed by atoms with Crippen LogP contribution in [0.2, 0.25) is 0 Å². The van der Waals surface area contributed by atoms with Crippen LogP contribution in [-0.4, -0.2) is 86.3 Å². The lowest BCUT2D eigenvalue weighted by Gasteiger charge is -2.52. The van der Waals surface area contributed by atoms with E-state index in [9.17, 15) is 5.11 Å². The van der Waals surface area contributed by atoms with Gasteiger partial charge >= 0.3 is 0 Å². The smallest absolute Gasteiger partial charge is 0.187 e. The first-order valence-electron chi connectivity index (χ1n) is 20.4. The zero-order valence-electron chi connectivity index (χ0n) is 32.4. The van der Waals surface area contributed by atoms with E-state index >= 15 is 0 Å². The predicted molar refractivity (Wildman–Crippen MR) is 208 cm³/mol. The molecule has 0 amide bonds. The zero-order valence-corrected chi connectivity index (χ0v) is 32.4. The van der Waals surface area contributed by atoms with Crippen molar-refractivity contribution < 1.29 is 52.5 Å². The molecule has 57 heavy (non-hydrogen) atoms. The molecule has 12 atom stereocenters. The molecule has 4 fully saturated rings. The van der Waals surface area contributed by atoms with Crippen molar-refractivity contribution in [2.75, 3.05) is 19.8 Å². The number of unbranched alkanes of at least 4 members (excludes halogenated alkanes) is 3. The van der Waals surface area contributed by atoms with Gasteiger partial charge in [0, 0.05) is 17.7 Å². The Hall–Kier alpha value is -3.56. The highest BCUT2D eigenvalue weighted by Crippen LogP contribution is 2.41. The van der Waals surface area contributed by atoms with Crippen LogP contribution in [0.25, 0.3) is 0 Å². The second-order valence-corrected chi connectivity index (χ2v) is 15.0. The van der Waals surface area contributed by atoms with Gasteiger partial charge in [-0.1, -0.05) is 148 Å². The van der Waals surface area contributed by atoms with Crippen LogP contribution in [0.3, 0.4) is 0 Å². The highest BCUT2D eigenvalue weighted by atomic mass is 16.8. The lowest BCUT2D eigenvalue weighted by Crippen LogP contribution is -2.67. The quantitative estimate of drug-likeness (QED) is 0.117. The molecule has 4 aliphatic rings. The van der Waals surface area contributed by atoms with Crippen molar-refractivity contribution >= 4 is 0 Å². The summed E-state index contributed by atoms with van der Waals surface area (Å²) in [5.41, 5.74) is 3.69. The molecular formula is C46H54O11. The first kappa shape index (κ1) is 40.2. The molecule has 0 aliphatic carbocycles. The Morgan fingerprint density at radius 3 is 1.56 bits per heavy atom. The number of hydrogen-bond acceptors (Lipinski definition) is 11. The van der Waals surface area contributed by atoms with Crippen LogP contribution in [0, 0.1) is 0 Å². The van der Waals surface area contributed by atoms with E-state index in [0.717, 1.165) is 47.9 Å². The third-order valence-electron chi connectivity index (χ3n) is 10.9. The molecular weight excluding hydrogens is 728 g/mol. The lowest BCUT2D eigenvalue weighted by atomic mass is 9.95. The van der Waals surface area contributed by atoms with Crippen LogP contribution in [0.4, 0.5) is 0 Å². The molecule has 304 valence electrons. The number of fused-ring (bicyclic) bond motifs is 2. The van der Waals surface area contributed by atoms with Crippen LogP contribution in [-0.2, 0) is 60.6 Å². The number of ether oxygens (including phenoxy) is 10. The molecule has 4 heterocycles. The summed E-state index contributed by atoms with van der Waals surface area (Å²) < 4.78 is 65.7. The number of aliphatic hydroxyl groups is 1. The van der Waals surface area contributed by atoms with Crippen LogP contribution in [0.15, 0.2) is 121 Å². The molecule has 8 rings (SSSR count). The normalized spacial score (nSPS) is 32.6. The SMILES string of the molecule is CCCCCCO[C@@H]1O[C@@H]2COC(c3ccccc3)O[C@H]2[C@H](OCc2ccccc2)[C@@H]1O[C@@H]1O[C@@H]2COC(c3ccccc3)O[C@H]2[C@H](OCc2ccccc2)[C@@H]1O. The Morgan fingerprint density at radius 2 is 1.02 bits per heavy atom. The standard InChI is InChI=1S/C46H54O11/c1-2-3-4-17-26-48-46-42(41(50-28-32-20-11-6-12-21-32)39-36(54-46)30-52-44(56-39)34-24-15-8-16-25-34)57-45-37(47)40(49-27-31-18-9-5-10-19-31)38-35(53-45)29-51-43(55-38)33-22-13-7-14-23-33/h5-16,18-25,35-47H,2-4,17,26-30H2,1H3/t35-,36-,37+,38-,39-,40-,41+,42+,43?,44?,45+,46-/m1/s1. The first-order valence-corrected chi connectivity index (χ1v) is 20.4. The second-order valence-electron chi connectivity index (χ2n) is 15.0. The van der Waals surface area contributed by atoms with Crippen molar-refractivity contribution in [1.82, 2.24) is 0 Å². The van der Waals surface area contributed by atoms with Gasteiger partial charge in [-0.3, -0.25) is 0 Å². The number of benzene rings is 4. The van der Waals surface area contributed by atoms with Crippen molar-refractivity contribution in [3.8, 4) is 0 Å². The molecule has 11 heteroatoms. The van der Waals surface area contributed by atoms with Crippen LogP contribution in [0.5, 0.6) is 0 Å². The van der Waals surface area contributed by atoms with E-state index in [-0.39, 0.29) is 26.4 Å². The summed E-state index contributed by atoms with van der Waals surface area (Å²) in [5, 5.41) is 12.2. The molecule has 0 spiro atoms. The third-order valence-corrected chi connectivity index (χ3v) is 10.9. The highest BCUT2D eigenvalue weighted by Gasteiger charge is 2.56. The first-order chi connectivity index (χ1) is 28.1. The summed E-state index contributed by atoms with van der Waals surface area (Å²) in [5.74, 6) is 0. The molecule has 0 saturated carbocycles. The summed E-state index contributed by atoms with van der Waals surface area (Å²) >= 11 is 0. The highest BCUT2D eigenvalue weighted by molar-refractivity contribution is 5.19. The molecule has 2 unspecified atom stereocenters. The Bertz CT molecular complexity index is 1750. The fourth-order valence-corrected chi connectivity index (χ4v) is 7.86. The number of hydrogen-bond donors (Lipinski definition) is 1. The van der Waals surface area contributed by atoms with E-state index in [1.807, 2.05) is 121 Å². The number of aliphatic hydroxyl groups excluding tert-OH is 1. The third kappa shape index (κ3) is 10.0. The summed E-state index contributed by atoms with van der Waals surface area (Å²) in [4.78, 5) is 0. The van der Waals surface area contributed by atoms with E-state index in [0.29, 0.717) is 6.61 Å². The summed E-state index contributed by atoms with van der Waals surface area (Å²) in [6.07, 6.45) is -5.36. The lowest BCUT2D eigenvalue weighted by molar-refractivity contribution is -0.410. The minimum Gasteiger partial charge on any atom is -0.385 e. The van der Waals surface area contributed by atoms with Crippen molar-refractivity contribution in [3.63, 3.8) is 0 Å². The van der Waals surface area contributed by atoms with Gasteiger partial charge in [-0.05, 0) is 17.5 Å². The van der Waals surface area contributed by atoms with Gasteiger partial charge in [0.1, 0.15) is 48.8 Å². The number of rotatable bonds is 16. The van der Waals surface area contributed by atoms with Gasteiger partial charge in [-0.2, -0.15) is 0 Å². The van der Waals surface area contributed by atoms with Crippen molar-refractivity contribution in [2.45, 2.75) is 120 Å². The fraction of sp³-hybridized carbons (Fsp3) is 0.478. The Balaban J connectivity index is 1.08. The summed E-state index contributed by atoms with van der Waals surface area (Å²) in [7, 11) is 0. The van der Waals surface area contributed by atoms with E-state index < -0.39 is 74.0 Å². The topological polar surface area (TPSA) is 113 Å². The fourth-order valence-electron chi connectivity index (χ4n) is 7.86. The molecule has 11 nitrogen and oxygen atoms in total. The summed E-state index contributed by atoms with van der Waals surface area (Å²) in [6, 6.07) is 39.3. The Morgan fingerprint density at radius 1 is 0.526 bits per heavy atom. The Kier molecular flexibility index (Phi) is 14.1. The molecule has 0 aromatic heterocycles. The van der Waals surface area contributed by atoms with E-state index in [2.05, 4.69) is 6.92 Å². The van der Waals surface area contributed by atoms with Crippen LogP contribution >= 0.6 is 0 Å². The minimum atomic E-state index is -1.27. The maximum Gasteiger partial charge on any atom is 0.187 e. The van der Waals surface area contributed by atoms with E-state index in [4.69, 9.17) is 47.4 Å². The van der Waals surface area contributed by atoms with Gasteiger partial charge in [0.2, 0.25) is 0 Å². The van der Waals surface area contributed by atoms with Gasteiger partial charge in [0.25, 0.3) is 0 Å².